The molecule has 0 radical (unpaired) electrons. The van der Waals surface area contributed by atoms with Gasteiger partial charge in [-0.25, -0.2) is 4.39 Å². The molecule has 1 aromatic heterocycles. The number of nitrogens with zero attached hydrogens (tertiary/aromatic N) is 3. The van der Waals surface area contributed by atoms with Crippen molar-refractivity contribution in [2.75, 3.05) is 38.0 Å². The molecule has 0 saturated carbocycles. The molecular formula is C19H21FN4O2. The van der Waals surface area contributed by atoms with Crippen LogP contribution in [-0.4, -0.2) is 59.3 Å². The van der Waals surface area contributed by atoms with Crippen molar-refractivity contribution in [2.24, 2.45) is 0 Å². The van der Waals surface area contributed by atoms with Gasteiger partial charge in [0.2, 0.25) is 0 Å². The third kappa shape index (κ3) is 4.05. The summed E-state index contributed by atoms with van der Waals surface area (Å²) in [5, 5.41) is 2.50. The second kappa shape index (κ2) is 8.05. The topological polar surface area (TPSA) is 65.5 Å². The molecule has 0 spiro atoms. The summed E-state index contributed by atoms with van der Waals surface area (Å²) >= 11 is 0. The zero-order chi connectivity index (χ0) is 18.5. The van der Waals surface area contributed by atoms with Gasteiger partial charge in [0.05, 0.1) is 16.8 Å². The number of benzene rings is 1. The summed E-state index contributed by atoms with van der Waals surface area (Å²) < 4.78 is 13.7. The molecule has 1 saturated heterocycles. The number of carbonyl (C=O) groups is 2. The zero-order valence-corrected chi connectivity index (χ0v) is 14.6. The van der Waals surface area contributed by atoms with Crippen LogP contribution < -0.4 is 5.32 Å². The average Bonchev–Trinajstić information content (AvgIpc) is 2.69. The average molecular weight is 356 g/mol. The Kier molecular flexibility index (Phi) is 5.58. The predicted molar refractivity (Wildman–Crippen MR) is 96.6 cm³/mol. The fraction of sp³-hybridized carbons (Fsp3) is 0.316. The lowest BCUT2D eigenvalue weighted by Gasteiger charge is -2.34. The maximum absolute atomic E-state index is 13.7. The summed E-state index contributed by atoms with van der Waals surface area (Å²) in [5.41, 5.74) is 0.660. The van der Waals surface area contributed by atoms with E-state index in [1.165, 1.54) is 30.6 Å². The van der Waals surface area contributed by atoms with Crippen molar-refractivity contribution in [1.29, 1.82) is 0 Å². The molecule has 26 heavy (non-hydrogen) atoms. The smallest absolute Gasteiger partial charge is 0.257 e. The summed E-state index contributed by atoms with van der Waals surface area (Å²) in [6.07, 6.45) is 2.82. The van der Waals surface area contributed by atoms with Crippen molar-refractivity contribution in [1.82, 2.24) is 14.8 Å². The van der Waals surface area contributed by atoms with Gasteiger partial charge in [0.1, 0.15) is 5.82 Å². The van der Waals surface area contributed by atoms with Crippen LogP contribution in [0, 0.1) is 5.82 Å². The van der Waals surface area contributed by atoms with E-state index < -0.39 is 11.7 Å². The van der Waals surface area contributed by atoms with E-state index in [1.807, 2.05) is 0 Å². The second-order valence-corrected chi connectivity index (χ2v) is 6.12. The Morgan fingerprint density at radius 1 is 1.12 bits per heavy atom. The molecule has 136 valence electrons. The number of para-hydroxylation sites is 1. The van der Waals surface area contributed by atoms with Gasteiger partial charge in [0, 0.05) is 38.6 Å². The normalized spacial score (nSPS) is 14.9. The molecule has 3 rings (SSSR count). The maximum Gasteiger partial charge on any atom is 0.257 e. The number of piperazine rings is 1. The van der Waals surface area contributed by atoms with Gasteiger partial charge < -0.3 is 15.1 Å². The van der Waals surface area contributed by atoms with Gasteiger partial charge in [0.25, 0.3) is 11.8 Å². The predicted octanol–water partition coefficient (Wildman–Crippen LogP) is 2.25. The van der Waals surface area contributed by atoms with Crippen molar-refractivity contribution >= 4 is 17.5 Å². The zero-order valence-electron chi connectivity index (χ0n) is 14.6. The number of halogens is 1. The van der Waals surface area contributed by atoms with E-state index in [0.717, 1.165) is 19.6 Å². The minimum absolute atomic E-state index is 0.0879. The lowest BCUT2D eigenvalue weighted by atomic mass is 10.1. The minimum Gasteiger partial charge on any atom is -0.336 e. The summed E-state index contributed by atoms with van der Waals surface area (Å²) in [6.45, 7) is 6.04. The van der Waals surface area contributed by atoms with E-state index in [4.69, 9.17) is 0 Å². The molecule has 0 atom stereocenters. The molecule has 2 amide bonds. The van der Waals surface area contributed by atoms with Gasteiger partial charge in [-0.3, -0.25) is 14.6 Å². The van der Waals surface area contributed by atoms with E-state index in [2.05, 4.69) is 22.1 Å². The number of anilines is 1. The Morgan fingerprint density at radius 3 is 2.50 bits per heavy atom. The highest BCUT2D eigenvalue weighted by atomic mass is 19.1. The Bertz CT molecular complexity index is 804. The second-order valence-electron chi connectivity index (χ2n) is 6.12. The molecule has 0 bridgehead atoms. The van der Waals surface area contributed by atoms with Crippen LogP contribution in [0.1, 0.15) is 27.6 Å². The number of rotatable bonds is 4. The number of nitrogens with one attached hydrogen (secondary N) is 1. The Morgan fingerprint density at radius 2 is 1.81 bits per heavy atom. The Labute approximate surface area is 151 Å². The van der Waals surface area contributed by atoms with Gasteiger partial charge >= 0.3 is 0 Å². The number of likely N-dealkylation sites (N-methyl/N-ethyl adjacent to an activating group) is 1. The molecular weight excluding hydrogens is 335 g/mol. The van der Waals surface area contributed by atoms with Crippen LogP contribution in [0.4, 0.5) is 10.1 Å². The van der Waals surface area contributed by atoms with Crippen LogP contribution >= 0.6 is 0 Å². The van der Waals surface area contributed by atoms with E-state index in [0.29, 0.717) is 18.7 Å². The molecule has 1 aromatic carbocycles. The molecule has 0 unspecified atom stereocenters. The highest BCUT2D eigenvalue weighted by molar-refractivity contribution is 6.05. The minimum atomic E-state index is -0.519. The molecule has 7 heteroatoms. The monoisotopic (exact) mass is 356 g/mol. The van der Waals surface area contributed by atoms with Crippen molar-refractivity contribution in [3.63, 3.8) is 0 Å². The van der Waals surface area contributed by atoms with Crippen molar-refractivity contribution in [2.45, 2.75) is 6.92 Å². The van der Waals surface area contributed by atoms with Crippen LogP contribution in [-0.2, 0) is 0 Å². The third-order valence-corrected chi connectivity index (χ3v) is 4.48. The van der Waals surface area contributed by atoms with Crippen LogP contribution in [0.5, 0.6) is 0 Å². The van der Waals surface area contributed by atoms with Gasteiger partial charge in [-0.05, 0) is 24.7 Å². The van der Waals surface area contributed by atoms with Crippen LogP contribution in [0.3, 0.4) is 0 Å². The number of hydrogen-bond donors (Lipinski definition) is 1. The number of pyridine rings is 1. The summed E-state index contributed by atoms with van der Waals surface area (Å²) in [6, 6.07) is 7.42. The first-order valence-electron chi connectivity index (χ1n) is 8.61. The first-order valence-corrected chi connectivity index (χ1v) is 8.61. The largest absolute Gasteiger partial charge is 0.336 e. The first kappa shape index (κ1) is 18.0. The molecule has 1 fully saturated rings. The molecule has 1 aliphatic rings. The quantitative estimate of drug-likeness (QED) is 0.913. The molecule has 0 aliphatic carbocycles. The van der Waals surface area contributed by atoms with E-state index in [-0.39, 0.29) is 17.2 Å². The number of hydrogen-bond acceptors (Lipinski definition) is 4. The summed E-state index contributed by atoms with van der Waals surface area (Å²) in [7, 11) is 0. The van der Waals surface area contributed by atoms with E-state index in [1.54, 1.807) is 17.0 Å². The van der Waals surface area contributed by atoms with E-state index >= 15 is 0 Å². The fourth-order valence-electron chi connectivity index (χ4n) is 2.89. The van der Waals surface area contributed by atoms with Crippen LogP contribution in [0.25, 0.3) is 0 Å². The number of amides is 2. The third-order valence-electron chi connectivity index (χ3n) is 4.48. The number of aromatic nitrogens is 1. The van der Waals surface area contributed by atoms with E-state index in [9.17, 15) is 14.0 Å². The highest BCUT2D eigenvalue weighted by Crippen LogP contribution is 2.15. The van der Waals surface area contributed by atoms with Gasteiger partial charge in [-0.1, -0.05) is 19.1 Å². The fourth-order valence-corrected chi connectivity index (χ4v) is 2.89. The molecule has 2 heterocycles. The summed E-state index contributed by atoms with van der Waals surface area (Å²) in [5.74, 6) is -1.17. The van der Waals surface area contributed by atoms with Crippen molar-refractivity contribution < 1.29 is 14.0 Å². The molecule has 6 nitrogen and oxygen atoms in total. The Hall–Kier alpha value is -2.80. The van der Waals surface area contributed by atoms with Crippen molar-refractivity contribution in [3.05, 3.63) is 59.7 Å². The van der Waals surface area contributed by atoms with Crippen LogP contribution in [0.2, 0.25) is 0 Å². The van der Waals surface area contributed by atoms with Gasteiger partial charge in [0.15, 0.2) is 0 Å². The number of carbonyl (C=O) groups excluding carboxylic acids is 2. The lowest BCUT2D eigenvalue weighted by molar-refractivity contribution is 0.0643. The van der Waals surface area contributed by atoms with Gasteiger partial charge in [-0.15, -0.1) is 0 Å². The van der Waals surface area contributed by atoms with Crippen LogP contribution in [0.15, 0.2) is 42.7 Å². The summed E-state index contributed by atoms with van der Waals surface area (Å²) in [4.78, 5) is 33.1. The molecule has 1 N–H and O–H groups in total. The first-order chi connectivity index (χ1) is 12.6. The molecule has 1 aliphatic heterocycles. The Balaban J connectivity index is 1.71. The van der Waals surface area contributed by atoms with Crippen molar-refractivity contribution in [3.8, 4) is 0 Å². The maximum atomic E-state index is 13.7. The standard InChI is InChI=1S/C19H21FN4O2/c1-2-23-7-9-24(10-8-23)19(26)15-11-14(12-21-13-15)18(25)22-17-6-4-3-5-16(17)20/h3-6,11-13H,2,7-10H2,1H3,(H,22,25). The SMILES string of the molecule is CCN1CCN(C(=O)c2cncc(C(=O)Nc3ccccc3F)c2)CC1. The lowest BCUT2D eigenvalue weighted by Crippen LogP contribution is -2.48. The van der Waals surface area contributed by atoms with Gasteiger partial charge in [-0.2, -0.15) is 0 Å². The highest BCUT2D eigenvalue weighted by Gasteiger charge is 2.22. The molecule has 2 aromatic rings.